The fraction of sp³-hybridized carbons (Fsp3) is 0.733. The highest BCUT2D eigenvalue weighted by Crippen LogP contribution is 2.55. The number of rotatable bonds is 7. The van der Waals surface area contributed by atoms with E-state index in [1.54, 1.807) is 48.5 Å². The summed E-state index contributed by atoms with van der Waals surface area (Å²) in [6.45, 7) is 12.1. The summed E-state index contributed by atoms with van der Waals surface area (Å²) < 4.78 is 38.9. The molecular formula is C15H26NO7P. The molecule has 0 unspecified atom stereocenters. The highest BCUT2D eigenvalue weighted by molar-refractivity contribution is 7.48. The van der Waals surface area contributed by atoms with E-state index in [9.17, 15) is 9.36 Å². The van der Waals surface area contributed by atoms with E-state index in [0.717, 1.165) is 0 Å². The standard InChI is InChI=1S/C15H26NO7P/c1-8-19-13(17)12-9-11(21-16-12)10-20-24(18,22-14(2,3)4)23-15(5,6)7/h9H,8,10H2,1-7H3. The summed E-state index contributed by atoms with van der Waals surface area (Å²) in [5, 5.41) is 3.58. The molecule has 1 aromatic rings. The van der Waals surface area contributed by atoms with E-state index in [1.165, 1.54) is 6.07 Å². The third kappa shape index (κ3) is 7.57. The van der Waals surface area contributed by atoms with Crippen molar-refractivity contribution in [1.82, 2.24) is 5.16 Å². The van der Waals surface area contributed by atoms with Crippen LogP contribution in [0.1, 0.15) is 64.7 Å². The lowest BCUT2D eigenvalue weighted by Crippen LogP contribution is -2.24. The number of phosphoric acid groups is 1. The third-order valence-corrected chi connectivity index (χ3v) is 4.17. The van der Waals surface area contributed by atoms with E-state index in [0.29, 0.717) is 0 Å². The van der Waals surface area contributed by atoms with Gasteiger partial charge in [-0.2, -0.15) is 0 Å². The average Bonchev–Trinajstić information content (AvgIpc) is 2.81. The third-order valence-electron chi connectivity index (χ3n) is 2.18. The second-order valence-electron chi connectivity index (χ2n) is 7.03. The number of nitrogens with zero attached hydrogens (tertiary/aromatic N) is 1. The van der Waals surface area contributed by atoms with Crippen LogP contribution in [0.3, 0.4) is 0 Å². The van der Waals surface area contributed by atoms with Gasteiger partial charge < -0.3 is 9.26 Å². The van der Waals surface area contributed by atoms with Crippen molar-refractivity contribution in [2.45, 2.75) is 66.3 Å². The minimum Gasteiger partial charge on any atom is -0.461 e. The van der Waals surface area contributed by atoms with E-state index >= 15 is 0 Å². The van der Waals surface area contributed by atoms with E-state index in [2.05, 4.69) is 5.16 Å². The van der Waals surface area contributed by atoms with Gasteiger partial charge in [-0.15, -0.1) is 0 Å². The first-order valence-corrected chi connectivity index (χ1v) is 9.08. The van der Waals surface area contributed by atoms with Crippen LogP contribution in [0.5, 0.6) is 0 Å². The van der Waals surface area contributed by atoms with E-state index in [-0.39, 0.29) is 24.7 Å². The highest BCUT2D eigenvalue weighted by Gasteiger charge is 2.37. The molecule has 0 N–H and O–H groups in total. The van der Waals surface area contributed by atoms with Crippen molar-refractivity contribution in [2.24, 2.45) is 0 Å². The maximum absolute atomic E-state index is 12.8. The predicted octanol–water partition coefficient (Wildman–Crippen LogP) is 4.11. The van der Waals surface area contributed by atoms with Gasteiger partial charge in [-0.25, -0.2) is 9.36 Å². The Morgan fingerprint density at radius 2 is 1.71 bits per heavy atom. The van der Waals surface area contributed by atoms with Crippen LogP contribution in [-0.2, 0) is 29.5 Å². The largest absolute Gasteiger partial charge is 0.476 e. The zero-order chi connectivity index (χ0) is 18.6. The van der Waals surface area contributed by atoms with Crippen LogP contribution in [0.25, 0.3) is 0 Å². The highest BCUT2D eigenvalue weighted by atomic mass is 31.2. The van der Waals surface area contributed by atoms with Crippen molar-refractivity contribution < 1.29 is 32.2 Å². The molecule has 1 aromatic heterocycles. The Kier molecular flexibility index (Phi) is 6.75. The smallest absolute Gasteiger partial charge is 0.461 e. The van der Waals surface area contributed by atoms with Gasteiger partial charge in [-0.3, -0.25) is 13.6 Å². The SMILES string of the molecule is CCOC(=O)c1cc(COP(=O)(OC(C)(C)C)OC(C)(C)C)on1. The quantitative estimate of drug-likeness (QED) is 0.527. The van der Waals surface area contributed by atoms with Gasteiger partial charge in [0.2, 0.25) is 0 Å². The van der Waals surface area contributed by atoms with Crippen LogP contribution in [-0.4, -0.2) is 28.9 Å². The van der Waals surface area contributed by atoms with Crippen molar-refractivity contribution in [2.75, 3.05) is 6.61 Å². The molecule has 1 heterocycles. The lowest BCUT2D eigenvalue weighted by Gasteiger charge is -2.30. The second-order valence-corrected chi connectivity index (χ2v) is 8.54. The summed E-state index contributed by atoms with van der Waals surface area (Å²) >= 11 is 0. The first kappa shape index (κ1) is 20.8. The normalized spacial score (nSPS) is 13.1. The van der Waals surface area contributed by atoms with Gasteiger partial charge >= 0.3 is 13.8 Å². The average molecular weight is 363 g/mol. The Balaban J connectivity index is 2.81. The lowest BCUT2D eigenvalue weighted by atomic mass is 10.2. The number of ether oxygens (including phenoxy) is 1. The van der Waals surface area contributed by atoms with Crippen molar-refractivity contribution in [3.63, 3.8) is 0 Å². The molecule has 0 bridgehead atoms. The van der Waals surface area contributed by atoms with Gasteiger partial charge in [0, 0.05) is 6.07 Å². The Hall–Kier alpha value is -1.21. The molecule has 1 rings (SSSR count). The molecule has 0 aliphatic carbocycles. The van der Waals surface area contributed by atoms with Crippen LogP contribution >= 0.6 is 7.82 Å². The molecular weight excluding hydrogens is 337 g/mol. The molecule has 0 fully saturated rings. The monoisotopic (exact) mass is 363 g/mol. The number of carbonyl (C=O) groups excluding carboxylic acids is 1. The molecule has 8 nitrogen and oxygen atoms in total. The van der Waals surface area contributed by atoms with Crippen molar-refractivity contribution in [1.29, 1.82) is 0 Å². The number of hydrogen-bond acceptors (Lipinski definition) is 8. The Labute approximate surface area is 142 Å². The van der Waals surface area contributed by atoms with E-state index in [4.69, 9.17) is 22.8 Å². The lowest BCUT2D eigenvalue weighted by molar-refractivity contribution is -0.00147. The van der Waals surface area contributed by atoms with E-state index < -0.39 is 25.0 Å². The summed E-state index contributed by atoms with van der Waals surface area (Å²) in [6, 6.07) is 1.36. The van der Waals surface area contributed by atoms with Gasteiger partial charge in [0.25, 0.3) is 0 Å². The molecule has 0 saturated heterocycles. The van der Waals surface area contributed by atoms with Crippen molar-refractivity contribution in [3.05, 3.63) is 17.5 Å². The van der Waals surface area contributed by atoms with Gasteiger partial charge in [-0.1, -0.05) is 5.16 Å². The Morgan fingerprint density at radius 3 is 2.17 bits per heavy atom. The summed E-state index contributed by atoms with van der Waals surface area (Å²) in [4.78, 5) is 11.5. The molecule has 0 radical (unpaired) electrons. The Morgan fingerprint density at radius 1 is 1.17 bits per heavy atom. The van der Waals surface area contributed by atoms with Crippen LogP contribution in [0, 0.1) is 0 Å². The zero-order valence-electron chi connectivity index (χ0n) is 15.2. The molecule has 0 aliphatic heterocycles. The molecule has 0 aliphatic rings. The van der Waals surface area contributed by atoms with Crippen LogP contribution < -0.4 is 0 Å². The molecule has 0 spiro atoms. The molecule has 0 aromatic carbocycles. The molecule has 24 heavy (non-hydrogen) atoms. The molecule has 9 heteroatoms. The minimum absolute atomic E-state index is 0.0127. The number of esters is 1. The fourth-order valence-corrected chi connectivity index (χ4v) is 3.34. The minimum atomic E-state index is -3.86. The summed E-state index contributed by atoms with van der Waals surface area (Å²) in [5.74, 6) is -0.402. The van der Waals surface area contributed by atoms with Gasteiger partial charge in [0.1, 0.15) is 6.61 Å². The summed E-state index contributed by atoms with van der Waals surface area (Å²) in [7, 11) is -3.86. The summed E-state index contributed by atoms with van der Waals surface area (Å²) in [6.07, 6.45) is 0. The van der Waals surface area contributed by atoms with Crippen LogP contribution in [0.15, 0.2) is 10.6 Å². The first-order valence-electron chi connectivity index (χ1n) is 7.62. The van der Waals surface area contributed by atoms with Crippen LogP contribution in [0.2, 0.25) is 0 Å². The Bertz CT molecular complexity index is 578. The first-order chi connectivity index (χ1) is 10.8. The number of phosphoric ester groups is 1. The topological polar surface area (TPSA) is 97.1 Å². The van der Waals surface area contributed by atoms with Crippen LogP contribution in [0.4, 0.5) is 0 Å². The van der Waals surface area contributed by atoms with E-state index in [1.807, 2.05) is 0 Å². The number of hydrogen-bond donors (Lipinski definition) is 0. The maximum Gasteiger partial charge on any atom is 0.476 e. The number of carbonyl (C=O) groups is 1. The second kappa shape index (κ2) is 7.78. The van der Waals surface area contributed by atoms with Gasteiger partial charge in [-0.05, 0) is 48.5 Å². The molecule has 0 amide bonds. The van der Waals surface area contributed by atoms with Crippen molar-refractivity contribution >= 4 is 13.8 Å². The van der Waals surface area contributed by atoms with Crippen molar-refractivity contribution in [3.8, 4) is 0 Å². The van der Waals surface area contributed by atoms with Gasteiger partial charge in [0.15, 0.2) is 11.5 Å². The predicted molar refractivity (Wildman–Crippen MR) is 86.5 cm³/mol. The van der Waals surface area contributed by atoms with Gasteiger partial charge in [0.05, 0.1) is 17.8 Å². The maximum atomic E-state index is 12.8. The number of aromatic nitrogens is 1. The molecule has 0 atom stereocenters. The molecule has 138 valence electrons. The molecule has 0 saturated carbocycles. The zero-order valence-corrected chi connectivity index (χ0v) is 16.1. The fourth-order valence-electron chi connectivity index (χ4n) is 1.57. The summed E-state index contributed by atoms with van der Waals surface area (Å²) in [5.41, 5.74) is -1.46.